The second kappa shape index (κ2) is 16.9. The minimum absolute atomic E-state index is 0. The lowest BCUT2D eigenvalue weighted by Gasteiger charge is -2.36. The van der Waals surface area contributed by atoms with Crippen LogP contribution in [-0.4, -0.2) is 99.7 Å². The summed E-state index contributed by atoms with van der Waals surface area (Å²) in [6.07, 6.45) is 4.50. The normalized spacial score (nSPS) is 15.5. The molecular formula is C17H36IN5O2S. The van der Waals surface area contributed by atoms with Crippen LogP contribution >= 0.6 is 35.7 Å². The lowest BCUT2D eigenvalue weighted by atomic mass is 10.3. The van der Waals surface area contributed by atoms with Gasteiger partial charge in [0.1, 0.15) is 0 Å². The van der Waals surface area contributed by atoms with Gasteiger partial charge >= 0.3 is 0 Å². The van der Waals surface area contributed by atoms with Crippen LogP contribution in [0.1, 0.15) is 19.8 Å². The van der Waals surface area contributed by atoms with E-state index in [0.29, 0.717) is 19.7 Å². The van der Waals surface area contributed by atoms with Gasteiger partial charge in [0.15, 0.2) is 5.96 Å². The highest BCUT2D eigenvalue weighted by atomic mass is 127. The second-order valence-corrected chi connectivity index (χ2v) is 7.03. The van der Waals surface area contributed by atoms with Gasteiger partial charge in [-0.25, -0.2) is 0 Å². The van der Waals surface area contributed by atoms with Crippen molar-refractivity contribution in [3.8, 4) is 0 Å². The molecule has 26 heavy (non-hydrogen) atoms. The first-order valence-corrected chi connectivity index (χ1v) is 10.6. The summed E-state index contributed by atoms with van der Waals surface area (Å²) in [4.78, 5) is 21.1. The highest BCUT2D eigenvalue weighted by Gasteiger charge is 2.20. The van der Waals surface area contributed by atoms with Gasteiger partial charge in [-0.1, -0.05) is 0 Å². The van der Waals surface area contributed by atoms with E-state index < -0.39 is 0 Å². The molecule has 0 aliphatic carbocycles. The van der Waals surface area contributed by atoms with E-state index in [1.165, 1.54) is 12.2 Å². The Labute approximate surface area is 180 Å². The van der Waals surface area contributed by atoms with Gasteiger partial charge in [0.2, 0.25) is 5.91 Å². The molecule has 0 aromatic heterocycles. The Morgan fingerprint density at radius 1 is 1.19 bits per heavy atom. The van der Waals surface area contributed by atoms with Crippen molar-refractivity contribution in [3.05, 3.63) is 0 Å². The number of methoxy groups -OCH3 is 1. The molecule has 7 nitrogen and oxygen atoms in total. The summed E-state index contributed by atoms with van der Waals surface area (Å²) >= 11 is 1.89. The number of carbonyl (C=O) groups is 1. The molecule has 1 fully saturated rings. The van der Waals surface area contributed by atoms with E-state index in [0.717, 1.165) is 51.6 Å². The van der Waals surface area contributed by atoms with Crippen LogP contribution in [0.3, 0.4) is 0 Å². The number of piperazine rings is 1. The van der Waals surface area contributed by atoms with E-state index in [1.54, 1.807) is 7.11 Å². The Morgan fingerprint density at radius 2 is 1.92 bits per heavy atom. The number of hydrogen-bond acceptors (Lipinski definition) is 5. The van der Waals surface area contributed by atoms with Gasteiger partial charge in [-0.2, -0.15) is 11.8 Å². The highest BCUT2D eigenvalue weighted by molar-refractivity contribution is 14.0. The molecule has 1 aliphatic heterocycles. The van der Waals surface area contributed by atoms with Gasteiger partial charge in [-0.3, -0.25) is 14.7 Å². The molecule has 0 radical (unpaired) electrons. The van der Waals surface area contributed by atoms with Gasteiger partial charge in [0, 0.05) is 52.9 Å². The molecule has 1 amide bonds. The maximum Gasteiger partial charge on any atom is 0.234 e. The number of nitrogens with zero attached hydrogens (tertiary/aromatic N) is 3. The number of carbonyl (C=O) groups excluding carboxylic acids is 1. The largest absolute Gasteiger partial charge is 0.383 e. The summed E-state index contributed by atoms with van der Waals surface area (Å²) in [6, 6.07) is 0. The highest BCUT2D eigenvalue weighted by Crippen LogP contribution is 2.04. The average Bonchev–Trinajstić information content (AvgIpc) is 2.61. The Bertz CT molecular complexity index is 393. The molecule has 1 heterocycles. The summed E-state index contributed by atoms with van der Waals surface area (Å²) in [7, 11) is 1.64. The number of unbranched alkanes of at least 4 members (excludes halogenated alkanes) is 1. The average molecular weight is 501 g/mol. The van der Waals surface area contributed by atoms with Crippen molar-refractivity contribution in [2.24, 2.45) is 4.99 Å². The molecule has 0 aromatic carbocycles. The Balaban J connectivity index is 0.00000625. The molecule has 154 valence electrons. The molecular weight excluding hydrogens is 465 g/mol. The monoisotopic (exact) mass is 501 g/mol. The first-order chi connectivity index (χ1) is 12.2. The lowest BCUT2D eigenvalue weighted by Crippen LogP contribution is -2.54. The lowest BCUT2D eigenvalue weighted by molar-refractivity contribution is -0.122. The Kier molecular flexibility index (Phi) is 16.7. The number of ether oxygens (including phenoxy) is 1. The number of hydrogen-bond donors (Lipinski definition) is 2. The first-order valence-electron chi connectivity index (χ1n) is 9.21. The number of thioether (sulfide) groups is 1. The van der Waals surface area contributed by atoms with E-state index in [1.807, 2.05) is 11.8 Å². The fraction of sp³-hybridized carbons (Fsp3) is 0.882. The SMILES string of the molecule is CCNC(=NCCCCSC)N1CCN(CC(=O)NCCOC)CC1.I. The quantitative estimate of drug-likeness (QED) is 0.191. The number of nitrogens with one attached hydrogen (secondary N) is 2. The van der Waals surface area contributed by atoms with Crippen LogP contribution in [0, 0.1) is 0 Å². The maximum atomic E-state index is 11.9. The molecule has 0 unspecified atom stereocenters. The van der Waals surface area contributed by atoms with Gasteiger partial charge in [0.05, 0.1) is 13.2 Å². The third-order valence-corrected chi connectivity index (χ3v) is 4.72. The predicted molar refractivity (Wildman–Crippen MR) is 122 cm³/mol. The van der Waals surface area contributed by atoms with Crippen molar-refractivity contribution in [1.82, 2.24) is 20.4 Å². The molecule has 0 spiro atoms. The smallest absolute Gasteiger partial charge is 0.234 e. The standard InChI is InChI=1S/C17H35N5O2S.HI/c1-4-18-17(20-7-5-6-14-25-3)22-11-9-21(10-12-22)15-16(23)19-8-13-24-2;/h4-15H2,1-3H3,(H,18,20)(H,19,23);1H. The molecule has 2 N–H and O–H groups in total. The Hall–Kier alpha value is -0.260. The van der Waals surface area contributed by atoms with Crippen molar-refractivity contribution >= 4 is 47.6 Å². The van der Waals surface area contributed by atoms with Crippen molar-refractivity contribution < 1.29 is 9.53 Å². The van der Waals surface area contributed by atoms with Crippen LogP contribution in [0.25, 0.3) is 0 Å². The van der Waals surface area contributed by atoms with Gasteiger partial charge < -0.3 is 20.3 Å². The molecule has 0 saturated carbocycles. The second-order valence-electron chi connectivity index (χ2n) is 6.04. The van der Waals surface area contributed by atoms with E-state index in [4.69, 9.17) is 9.73 Å². The van der Waals surface area contributed by atoms with E-state index in [9.17, 15) is 4.79 Å². The zero-order valence-corrected chi connectivity index (χ0v) is 19.6. The van der Waals surface area contributed by atoms with Crippen molar-refractivity contribution in [3.63, 3.8) is 0 Å². The summed E-state index contributed by atoms with van der Waals surface area (Å²) in [5.41, 5.74) is 0. The zero-order valence-electron chi connectivity index (χ0n) is 16.5. The summed E-state index contributed by atoms with van der Waals surface area (Å²) in [5.74, 6) is 2.28. The number of halogens is 1. The van der Waals surface area contributed by atoms with Gasteiger partial charge in [-0.15, -0.1) is 24.0 Å². The minimum Gasteiger partial charge on any atom is -0.383 e. The number of aliphatic imine (C=N–C) groups is 1. The van der Waals surface area contributed by atoms with E-state index in [2.05, 4.69) is 33.6 Å². The van der Waals surface area contributed by atoms with Crippen molar-refractivity contribution in [2.45, 2.75) is 19.8 Å². The van der Waals surface area contributed by atoms with E-state index >= 15 is 0 Å². The number of amides is 1. The van der Waals surface area contributed by atoms with Crippen molar-refractivity contribution in [2.75, 3.05) is 78.1 Å². The maximum absolute atomic E-state index is 11.9. The molecule has 0 bridgehead atoms. The third kappa shape index (κ3) is 11.5. The Morgan fingerprint density at radius 3 is 2.54 bits per heavy atom. The van der Waals surface area contributed by atoms with Gasteiger partial charge in [0.25, 0.3) is 0 Å². The summed E-state index contributed by atoms with van der Waals surface area (Å²) in [6.45, 7) is 9.02. The van der Waals surface area contributed by atoms with Crippen LogP contribution in [0.4, 0.5) is 0 Å². The number of guanidine groups is 1. The topological polar surface area (TPSA) is 69.2 Å². The van der Waals surface area contributed by atoms with E-state index in [-0.39, 0.29) is 29.9 Å². The summed E-state index contributed by atoms with van der Waals surface area (Å²) in [5, 5.41) is 6.27. The van der Waals surface area contributed by atoms with Crippen LogP contribution in [0.5, 0.6) is 0 Å². The summed E-state index contributed by atoms with van der Waals surface area (Å²) < 4.78 is 4.94. The molecule has 1 rings (SSSR count). The number of rotatable bonds is 11. The third-order valence-electron chi connectivity index (χ3n) is 4.02. The zero-order chi connectivity index (χ0) is 18.3. The van der Waals surface area contributed by atoms with Crippen LogP contribution in [0.15, 0.2) is 4.99 Å². The molecule has 1 saturated heterocycles. The van der Waals surface area contributed by atoms with Crippen LogP contribution < -0.4 is 10.6 Å². The fourth-order valence-electron chi connectivity index (χ4n) is 2.64. The predicted octanol–water partition coefficient (Wildman–Crippen LogP) is 1.09. The first kappa shape index (κ1) is 25.7. The van der Waals surface area contributed by atoms with Crippen LogP contribution in [0.2, 0.25) is 0 Å². The van der Waals surface area contributed by atoms with Crippen LogP contribution in [-0.2, 0) is 9.53 Å². The molecule has 1 aliphatic rings. The molecule has 0 aromatic rings. The molecule has 9 heteroatoms. The fourth-order valence-corrected chi connectivity index (χ4v) is 3.13. The minimum atomic E-state index is 0. The van der Waals surface area contributed by atoms with Gasteiger partial charge in [-0.05, 0) is 31.8 Å². The van der Waals surface area contributed by atoms with Crippen molar-refractivity contribution in [1.29, 1.82) is 0 Å². The molecule has 0 atom stereocenters.